The van der Waals surface area contributed by atoms with Gasteiger partial charge in [-0.2, -0.15) is 0 Å². The molecule has 38 heavy (non-hydrogen) atoms. The van der Waals surface area contributed by atoms with Gasteiger partial charge in [0.15, 0.2) is 0 Å². The number of hydrogen-bond donors (Lipinski definition) is 1. The lowest BCUT2D eigenvalue weighted by Gasteiger charge is -2.33. The number of nitrogens with one attached hydrogen (secondary N) is 1. The molecule has 0 fully saturated rings. The molecule has 1 aliphatic heterocycles. The Morgan fingerprint density at radius 2 is 1.71 bits per heavy atom. The number of nitrogens with zero attached hydrogens (tertiary/aromatic N) is 2. The summed E-state index contributed by atoms with van der Waals surface area (Å²) in [7, 11) is -3.70. The van der Waals surface area contributed by atoms with E-state index < -0.39 is 21.6 Å². The van der Waals surface area contributed by atoms with Crippen LogP contribution in [0.4, 0.5) is 5.69 Å². The topological polar surface area (TPSA) is 86.8 Å². The van der Waals surface area contributed by atoms with Gasteiger partial charge in [0.2, 0.25) is 11.8 Å². The van der Waals surface area contributed by atoms with Crippen molar-refractivity contribution in [2.45, 2.75) is 70.0 Å². The Hall–Kier alpha value is -3.10. The average Bonchev–Trinajstić information content (AvgIpc) is 3.07. The van der Waals surface area contributed by atoms with Crippen LogP contribution in [0, 0.1) is 0 Å². The highest BCUT2D eigenvalue weighted by Gasteiger charge is 2.36. The fraction of sp³-hybridized carbons (Fsp3) is 0.379. The smallest absolute Gasteiger partial charge is 0.265 e. The molecule has 1 heterocycles. The van der Waals surface area contributed by atoms with Gasteiger partial charge in [0.1, 0.15) is 6.04 Å². The Balaban J connectivity index is 1.54. The van der Waals surface area contributed by atoms with Gasteiger partial charge in [-0.1, -0.05) is 61.0 Å². The van der Waals surface area contributed by atoms with E-state index in [1.54, 1.807) is 29.2 Å². The summed E-state index contributed by atoms with van der Waals surface area (Å²) in [5.74, 6) is -0.460. The summed E-state index contributed by atoms with van der Waals surface area (Å²) in [6, 6.07) is 17.4. The first-order valence-electron chi connectivity index (χ1n) is 12.8. The third-order valence-corrected chi connectivity index (χ3v) is 8.84. The normalized spacial score (nSPS) is 14.9. The van der Waals surface area contributed by atoms with Gasteiger partial charge >= 0.3 is 0 Å². The Labute approximate surface area is 229 Å². The summed E-state index contributed by atoms with van der Waals surface area (Å²) in [6.45, 7) is 7.90. The number of sulfonamides is 1. The third kappa shape index (κ3) is 5.66. The molecular weight excluding hydrogens is 522 g/mol. The molecule has 1 N–H and O–H groups in total. The Morgan fingerprint density at radius 1 is 1.03 bits per heavy atom. The molecule has 1 atom stereocenters. The minimum absolute atomic E-state index is 0.0854. The molecule has 1 aliphatic rings. The van der Waals surface area contributed by atoms with E-state index >= 15 is 0 Å². The lowest BCUT2D eigenvalue weighted by molar-refractivity contribution is -0.142. The summed E-state index contributed by atoms with van der Waals surface area (Å²) in [5, 5.41) is 5.08. The molecule has 2 amide bonds. The van der Waals surface area contributed by atoms with Crippen molar-refractivity contribution >= 4 is 49.9 Å². The minimum atomic E-state index is -3.70. The van der Waals surface area contributed by atoms with Crippen LogP contribution in [0.5, 0.6) is 0 Å². The van der Waals surface area contributed by atoms with Gasteiger partial charge in [-0.05, 0) is 62.8 Å². The lowest BCUT2D eigenvalue weighted by Crippen LogP contribution is -2.53. The van der Waals surface area contributed by atoms with E-state index in [4.69, 9.17) is 11.6 Å². The van der Waals surface area contributed by atoms with Crippen LogP contribution in [0.2, 0.25) is 5.02 Å². The van der Waals surface area contributed by atoms with E-state index in [0.717, 1.165) is 10.9 Å². The second-order valence-electron chi connectivity index (χ2n) is 10.6. The number of benzene rings is 3. The van der Waals surface area contributed by atoms with E-state index in [0.29, 0.717) is 33.8 Å². The molecule has 0 unspecified atom stereocenters. The van der Waals surface area contributed by atoms with E-state index in [9.17, 15) is 18.0 Å². The molecule has 7 nitrogen and oxygen atoms in total. The van der Waals surface area contributed by atoms with Gasteiger partial charge in [-0.25, -0.2) is 8.42 Å². The molecule has 0 aromatic heterocycles. The molecule has 202 valence electrons. The van der Waals surface area contributed by atoms with Crippen molar-refractivity contribution in [2.75, 3.05) is 10.8 Å². The molecule has 0 spiro atoms. The minimum Gasteiger partial charge on any atom is -0.350 e. The third-order valence-electron chi connectivity index (χ3n) is 6.62. The largest absolute Gasteiger partial charge is 0.350 e. The van der Waals surface area contributed by atoms with E-state index in [2.05, 4.69) is 5.32 Å². The molecule has 0 aliphatic carbocycles. The van der Waals surface area contributed by atoms with Crippen molar-refractivity contribution in [3.63, 3.8) is 0 Å². The molecule has 3 aromatic carbocycles. The lowest BCUT2D eigenvalue weighted by atomic mass is 10.0. The second-order valence-corrected chi connectivity index (χ2v) is 12.8. The quantitative estimate of drug-likeness (QED) is 0.377. The standard InChI is InChI=1S/C29H34ClN3O4S/c1-5-23(28(35)31-29(2,3)4)32(19-21-11-6-7-14-22(21)30)26(34)17-10-18-33-24-15-8-12-20-13-9-16-25(27(20)24)38(33,36)37/h6-9,11-16,23H,5,10,17-19H2,1-4H3,(H,31,35)/t23-/m0/s1. The van der Waals surface area contributed by atoms with Gasteiger partial charge in [0, 0.05) is 35.5 Å². The van der Waals surface area contributed by atoms with Crippen LogP contribution in [0.15, 0.2) is 65.6 Å². The van der Waals surface area contributed by atoms with Gasteiger partial charge in [-0.3, -0.25) is 13.9 Å². The van der Waals surface area contributed by atoms with Crippen molar-refractivity contribution in [3.8, 4) is 0 Å². The van der Waals surface area contributed by atoms with Crippen molar-refractivity contribution in [1.29, 1.82) is 0 Å². The average molecular weight is 556 g/mol. The van der Waals surface area contributed by atoms with Gasteiger partial charge in [0.05, 0.1) is 10.6 Å². The fourth-order valence-electron chi connectivity index (χ4n) is 4.90. The first-order valence-corrected chi connectivity index (χ1v) is 14.6. The van der Waals surface area contributed by atoms with E-state index in [1.807, 2.05) is 64.1 Å². The highest BCUT2D eigenvalue weighted by atomic mass is 35.5. The summed E-state index contributed by atoms with van der Waals surface area (Å²) in [6.07, 6.45) is 0.816. The van der Waals surface area contributed by atoms with E-state index in [-0.39, 0.29) is 31.3 Å². The van der Waals surface area contributed by atoms with Crippen LogP contribution in [0.1, 0.15) is 52.5 Å². The molecule has 3 aromatic rings. The van der Waals surface area contributed by atoms with Crippen molar-refractivity contribution in [1.82, 2.24) is 10.2 Å². The van der Waals surface area contributed by atoms with Gasteiger partial charge < -0.3 is 10.2 Å². The summed E-state index contributed by atoms with van der Waals surface area (Å²) < 4.78 is 28.0. The molecular formula is C29H34ClN3O4S. The maximum absolute atomic E-state index is 13.6. The van der Waals surface area contributed by atoms with Crippen molar-refractivity contribution in [2.24, 2.45) is 0 Å². The molecule has 0 saturated carbocycles. The molecule has 4 rings (SSSR count). The zero-order chi connectivity index (χ0) is 27.7. The number of carbonyl (C=O) groups excluding carboxylic acids is 2. The Bertz CT molecular complexity index is 1460. The highest BCUT2D eigenvalue weighted by molar-refractivity contribution is 7.93. The van der Waals surface area contributed by atoms with Crippen molar-refractivity contribution < 1.29 is 18.0 Å². The molecule has 0 bridgehead atoms. The molecule has 0 radical (unpaired) electrons. The zero-order valence-corrected chi connectivity index (χ0v) is 23.8. The van der Waals surface area contributed by atoms with Crippen LogP contribution in [0.3, 0.4) is 0 Å². The Kier molecular flexibility index (Phi) is 8.04. The maximum atomic E-state index is 13.6. The van der Waals surface area contributed by atoms with Gasteiger partial charge in [0.25, 0.3) is 10.0 Å². The Morgan fingerprint density at radius 3 is 2.37 bits per heavy atom. The SMILES string of the molecule is CC[C@@H](C(=O)NC(C)(C)C)N(Cc1ccccc1Cl)C(=O)CCCN1c2cccc3cccc(c23)S1(=O)=O. The number of amides is 2. The first kappa shape index (κ1) is 27.9. The van der Waals surface area contributed by atoms with Crippen molar-refractivity contribution in [3.05, 3.63) is 71.2 Å². The predicted molar refractivity (Wildman–Crippen MR) is 152 cm³/mol. The summed E-state index contributed by atoms with van der Waals surface area (Å²) >= 11 is 6.40. The zero-order valence-electron chi connectivity index (χ0n) is 22.2. The monoisotopic (exact) mass is 555 g/mol. The second kappa shape index (κ2) is 10.9. The number of hydrogen-bond acceptors (Lipinski definition) is 4. The first-order chi connectivity index (χ1) is 17.9. The number of halogens is 1. The van der Waals surface area contributed by atoms with Crippen LogP contribution in [0.25, 0.3) is 10.8 Å². The highest BCUT2D eigenvalue weighted by Crippen LogP contribution is 2.42. The number of rotatable bonds is 9. The summed E-state index contributed by atoms with van der Waals surface area (Å²) in [4.78, 5) is 28.7. The fourth-order valence-corrected chi connectivity index (χ4v) is 6.84. The maximum Gasteiger partial charge on any atom is 0.265 e. The predicted octanol–water partition coefficient (Wildman–Crippen LogP) is 5.50. The summed E-state index contributed by atoms with van der Waals surface area (Å²) in [5.41, 5.74) is 0.923. The molecule has 0 saturated heterocycles. The van der Waals surface area contributed by atoms with Crippen LogP contribution in [-0.4, -0.2) is 43.3 Å². The number of carbonyl (C=O) groups is 2. The van der Waals surface area contributed by atoms with Crippen LogP contribution in [-0.2, 0) is 26.2 Å². The van der Waals surface area contributed by atoms with Gasteiger partial charge in [-0.15, -0.1) is 0 Å². The van der Waals surface area contributed by atoms with Crippen LogP contribution >= 0.6 is 11.6 Å². The van der Waals surface area contributed by atoms with Crippen LogP contribution < -0.4 is 9.62 Å². The number of anilines is 1. The molecule has 9 heteroatoms. The van der Waals surface area contributed by atoms with E-state index in [1.165, 1.54) is 4.31 Å².